The Morgan fingerprint density at radius 2 is 2.10 bits per heavy atom. The molecule has 0 saturated heterocycles. The lowest BCUT2D eigenvalue weighted by Crippen LogP contribution is -2.26. The molecule has 0 saturated carbocycles. The number of nitrogens with zero attached hydrogens (tertiary/aromatic N) is 2. The van der Waals surface area contributed by atoms with Crippen molar-refractivity contribution in [3.8, 4) is 11.3 Å². The number of hydrogen-bond donors (Lipinski definition) is 3. The number of nitrogens with one attached hydrogen (secondary N) is 3. The van der Waals surface area contributed by atoms with Gasteiger partial charge in [-0.25, -0.2) is 9.37 Å². The van der Waals surface area contributed by atoms with Crippen LogP contribution >= 0.6 is 0 Å². The van der Waals surface area contributed by atoms with Gasteiger partial charge in [-0.1, -0.05) is 17.3 Å². The summed E-state index contributed by atoms with van der Waals surface area (Å²) in [5.41, 5.74) is 2.35. The van der Waals surface area contributed by atoms with E-state index in [1.807, 2.05) is 0 Å². The second kappa shape index (κ2) is 8.16. The van der Waals surface area contributed by atoms with E-state index >= 15 is 0 Å². The Labute approximate surface area is 170 Å². The molecule has 0 aliphatic rings. The summed E-state index contributed by atoms with van der Waals surface area (Å²) in [6.07, 6.45) is 5.32. The van der Waals surface area contributed by atoms with Gasteiger partial charge >= 0.3 is 0 Å². The predicted molar refractivity (Wildman–Crippen MR) is 105 cm³/mol. The van der Waals surface area contributed by atoms with Crippen LogP contribution in [-0.2, 0) is 6.42 Å². The number of aromatic amines is 2. The number of ketones is 1. The summed E-state index contributed by atoms with van der Waals surface area (Å²) in [5, 5.41) is 6.70. The van der Waals surface area contributed by atoms with Gasteiger partial charge in [-0.05, 0) is 25.1 Å². The molecule has 0 fully saturated rings. The Balaban J connectivity index is 1.51. The van der Waals surface area contributed by atoms with Gasteiger partial charge in [0.05, 0.1) is 11.9 Å². The third kappa shape index (κ3) is 3.90. The molecule has 4 aromatic rings. The fourth-order valence-electron chi connectivity index (χ4n) is 3.10. The predicted octanol–water partition coefficient (Wildman–Crippen LogP) is 3.04. The second-order valence-electron chi connectivity index (χ2n) is 6.69. The molecule has 3 heterocycles. The molecule has 3 N–H and O–H groups in total. The van der Waals surface area contributed by atoms with Gasteiger partial charge in [0, 0.05) is 42.2 Å². The largest absolute Gasteiger partial charge is 0.360 e. The lowest BCUT2D eigenvalue weighted by atomic mass is 9.99. The fraction of sp³-hybridized carbons (Fsp3) is 0.143. The molecule has 4 rings (SSSR count). The van der Waals surface area contributed by atoms with Gasteiger partial charge in [0.15, 0.2) is 5.78 Å². The van der Waals surface area contributed by atoms with E-state index in [0.29, 0.717) is 24.3 Å². The van der Waals surface area contributed by atoms with E-state index in [1.165, 1.54) is 30.5 Å². The zero-order valence-electron chi connectivity index (χ0n) is 16.0. The van der Waals surface area contributed by atoms with E-state index in [0.717, 1.165) is 5.69 Å². The molecule has 1 amide bonds. The van der Waals surface area contributed by atoms with E-state index < -0.39 is 5.82 Å². The number of halogens is 1. The van der Waals surface area contributed by atoms with Gasteiger partial charge in [-0.2, -0.15) is 0 Å². The van der Waals surface area contributed by atoms with Crippen LogP contribution in [0.4, 0.5) is 4.39 Å². The molecular formula is C21H18FN5O3. The molecule has 152 valence electrons. The van der Waals surface area contributed by atoms with Crippen molar-refractivity contribution in [3.05, 3.63) is 83.1 Å². The minimum atomic E-state index is -0.442. The zero-order chi connectivity index (χ0) is 21.1. The highest BCUT2D eigenvalue weighted by atomic mass is 19.1. The van der Waals surface area contributed by atoms with E-state index in [1.54, 1.807) is 25.5 Å². The highest BCUT2D eigenvalue weighted by molar-refractivity contribution is 6.13. The highest BCUT2D eigenvalue weighted by Crippen LogP contribution is 2.28. The molecule has 9 heteroatoms. The molecule has 0 bridgehead atoms. The Morgan fingerprint density at radius 3 is 2.87 bits per heavy atom. The van der Waals surface area contributed by atoms with E-state index in [9.17, 15) is 14.0 Å². The van der Waals surface area contributed by atoms with E-state index in [4.69, 9.17) is 4.52 Å². The number of imidazole rings is 1. The average Bonchev–Trinajstić information content (AvgIpc) is 3.48. The molecule has 0 aliphatic heterocycles. The number of benzene rings is 1. The van der Waals surface area contributed by atoms with E-state index in [-0.39, 0.29) is 34.2 Å². The molecule has 3 aromatic heterocycles. The summed E-state index contributed by atoms with van der Waals surface area (Å²) in [6.45, 7) is 2.02. The standard InChI is InChI=1S/C21H18FN5O3/c1-12-18(19(27-30-12)13-3-2-4-15(22)7-13)20(28)14-8-17(25-9-14)21(29)24-6-5-16-10-23-11-26-16/h2-4,7-11,25H,5-6H2,1H3,(H,23,26)(H,24,29). The van der Waals surface area contributed by atoms with Crippen molar-refractivity contribution in [2.24, 2.45) is 0 Å². The van der Waals surface area contributed by atoms with Gasteiger partial charge in [0.25, 0.3) is 5.91 Å². The molecule has 30 heavy (non-hydrogen) atoms. The smallest absolute Gasteiger partial charge is 0.267 e. The summed E-state index contributed by atoms with van der Waals surface area (Å²) < 4.78 is 18.8. The third-order valence-electron chi connectivity index (χ3n) is 4.61. The quantitative estimate of drug-likeness (QED) is 0.407. The Morgan fingerprint density at radius 1 is 1.23 bits per heavy atom. The number of hydrogen-bond acceptors (Lipinski definition) is 5. The topological polar surface area (TPSA) is 117 Å². The first-order valence-corrected chi connectivity index (χ1v) is 9.23. The van der Waals surface area contributed by atoms with Crippen molar-refractivity contribution in [3.63, 3.8) is 0 Å². The van der Waals surface area contributed by atoms with Crippen LogP contribution in [-0.4, -0.2) is 38.3 Å². The minimum Gasteiger partial charge on any atom is -0.360 e. The number of carbonyl (C=O) groups excluding carboxylic acids is 2. The first-order chi connectivity index (χ1) is 14.5. The van der Waals surface area contributed by atoms with Gasteiger partial charge in [0.1, 0.15) is 23.0 Å². The zero-order valence-corrected chi connectivity index (χ0v) is 16.0. The maximum absolute atomic E-state index is 13.6. The van der Waals surface area contributed by atoms with Crippen molar-refractivity contribution in [1.82, 2.24) is 25.4 Å². The lowest BCUT2D eigenvalue weighted by molar-refractivity contribution is 0.0949. The summed E-state index contributed by atoms with van der Waals surface area (Å²) >= 11 is 0. The van der Waals surface area contributed by atoms with Crippen LogP contribution < -0.4 is 5.32 Å². The first-order valence-electron chi connectivity index (χ1n) is 9.23. The summed E-state index contributed by atoms with van der Waals surface area (Å²) in [6, 6.07) is 7.23. The highest BCUT2D eigenvalue weighted by Gasteiger charge is 2.24. The lowest BCUT2D eigenvalue weighted by Gasteiger charge is -2.02. The van der Waals surface area contributed by atoms with Crippen LogP contribution in [0.25, 0.3) is 11.3 Å². The number of carbonyl (C=O) groups is 2. The van der Waals surface area contributed by atoms with Crippen molar-refractivity contribution in [1.29, 1.82) is 0 Å². The van der Waals surface area contributed by atoms with Gasteiger partial charge in [-0.3, -0.25) is 9.59 Å². The third-order valence-corrected chi connectivity index (χ3v) is 4.61. The van der Waals surface area contributed by atoms with Crippen molar-refractivity contribution < 1.29 is 18.5 Å². The van der Waals surface area contributed by atoms with Crippen LogP contribution in [0.5, 0.6) is 0 Å². The molecule has 0 radical (unpaired) electrons. The Hall–Kier alpha value is -4.01. The summed E-state index contributed by atoms with van der Waals surface area (Å²) in [7, 11) is 0. The molecule has 1 aromatic carbocycles. The van der Waals surface area contributed by atoms with Crippen molar-refractivity contribution >= 4 is 11.7 Å². The molecule has 0 unspecified atom stereocenters. The van der Waals surface area contributed by atoms with Crippen LogP contribution in [0, 0.1) is 12.7 Å². The number of aryl methyl sites for hydroxylation is 1. The maximum Gasteiger partial charge on any atom is 0.267 e. The molecule has 0 atom stereocenters. The minimum absolute atomic E-state index is 0.228. The van der Waals surface area contributed by atoms with Crippen LogP contribution in [0.3, 0.4) is 0 Å². The van der Waals surface area contributed by atoms with E-state index in [2.05, 4.69) is 25.4 Å². The molecule has 0 aliphatic carbocycles. The second-order valence-corrected chi connectivity index (χ2v) is 6.69. The van der Waals surface area contributed by atoms with Gasteiger partial charge in [0.2, 0.25) is 0 Å². The normalized spacial score (nSPS) is 10.9. The van der Waals surface area contributed by atoms with Gasteiger partial charge < -0.3 is 19.8 Å². The number of H-pyrrole nitrogens is 2. The monoisotopic (exact) mass is 407 g/mol. The SMILES string of the molecule is Cc1onc(-c2cccc(F)c2)c1C(=O)c1c[nH]c(C(=O)NCCc2cnc[nH]2)c1. The average molecular weight is 407 g/mol. The molecule has 0 spiro atoms. The number of aromatic nitrogens is 4. The van der Waals surface area contributed by atoms with Crippen LogP contribution in [0.15, 0.2) is 53.6 Å². The Bertz CT molecular complexity index is 1190. The summed E-state index contributed by atoms with van der Waals surface area (Å²) in [5.74, 6) is -0.838. The van der Waals surface area contributed by atoms with Crippen molar-refractivity contribution in [2.75, 3.05) is 6.54 Å². The van der Waals surface area contributed by atoms with Crippen LogP contribution in [0.1, 0.15) is 37.9 Å². The number of amides is 1. The first kappa shape index (κ1) is 19.3. The van der Waals surface area contributed by atoms with Gasteiger partial charge in [-0.15, -0.1) is 0 Å². The summed E-state index contributed by atoms with van der Waals surface area (Å²) in [4.78, 5) is 35.1. The fourth-order valence-corrected chi connectivity index (χ4v) is 3.10. The van der Waals surface area contributed by atoms with Crippen molar-refractivity contribution in [2.45, 2.75) is 13.3 Å². The van der Waals surface area contributed by atoms with Crippen LogP contribution in [0.2, 0.25) is 0 Å². The Kier molecular flexibility index (Phi) is 5.25. The molecule has 8 nitrogen and oxygen atoms in total. The maximum atomic E-state index is 13.6. The number of rotatable bonds is 7. The molecular weight excluding hydrogens is 389 g/mol.